The van der Waals surface area contributed by atoms with Gasteiger partial charge < -0.3 is 9.84 Å². The number of carboxylic acid groups (broad SMARTS) is 1. The molecule has 0 amide bonds. The quantitative estimate of drug-likeness (QED) is 0.711. The minimum Gasteiger partial charge on any atom is -0.480 e. The van der Waals surface area contributed by atoms with Crippen LogP contribution in [0, 0.1) is 0 Å². The molecular formula is C13H26N2O3. The van der Waals surface area contributed by atoms with Gasteiger partial charge in [-0.2, -0.15) is 0 Å². The number of nitrogens with zero attached hydrogens (tertiary/aromatic N) is 1. The standard InChI is InChI=1S/C13H26N2O3/c1-4-6-13(3,12(16)17)14-9-11-10-15(5-2)7-8-18-11/h11,14H,4-10H2,1-3H3,(H,16,17). The van der Waals surface area contributed by atoms with Crippen molar-refractivity contribution >= 4 is 5.97 Å². The molecule has 5 heteroatoms. The first-order valence-electron chi connectivity index (χ1n) is 6.84. The van der Waals surface area contributed by atoms with E-state index < -0.39 is 11.5 Å². The molecule has 2 unspecified atom stereocenters. The molecule has 106 valence electrons. The summed E-state index contributed by atoms with van der Waals surface area (Å²) in [6.07, 6.45) is 1.57. The van der Waals surface area contributed by atoms with Crippen molar-refractivity contribution in [3.63, 3.8) is 0 Å². The highest BCUT2D eigenvalue weighted by atomic mass is 16.5. The Morgan fingerprint density at radius 1 is 1.56 bits per heavy atom. The van der Waals surface area contributed by atoms with Gasteiger partial charge >= 0.3 is 5.97 Å². The van der Waals surface area contributed by atoms with E-state index in [1.165, 1.54) is 0 Å². The van der Waals surface area contributed by atoms with Crippen LogP contribution in [0.4, 0.5) is 0 Å². The number of hydrogen-bond acceptors (Lipinski definition) is 4. The van der Waals surface area contributed by atoms with Crippen molar-refractivity contribution in [1.82, 2.24) is 10.2 Å². The first-order valence-corrected chi connectivity index (χ1v) is 6.84. The average molecular weight is 258 g/mol. The Kier molecular flexibility index (Phi) is 6.05. The van der Waals surface area contributed by atoms with Crippen LogP contribution in [-0.4, -0.2) is 60.4 Å². The van der Waals surface area contributed by atoms with Gasteiger partial charge in [0, 0.05) is 19.6 Å². The van der Waals surface area contributed by atoms with Crippen LogP contribution in [0.15, 0.2) is 0 Å². The van der Waals surface area contributed by atoms with Crippen molar-refractivity contribution in [3.8, 4) is 0 Å². The lowest BCUT2D eigenvalue weighted by molar-refractivity contribution is -0.145. The molecule has 1 aliphatic heterocycles. The molecule has 2 N–H and O–H groups in total. The Balaban J connectivity index is 2.44. The van der Waals surface area contributed by atoms with E-state index in [1.807, 2.05) is 6.92 Å². The summed E-state index contributed by atoms with van der Waals surface area (Å²) in [5.74, 6) is -0.785. The molecule has 2 atom stereocenters. The van der Waals surface area contributed by atoms with E-state index >= 15 is 0 Å². The first-order chi connectivity index (χ1) is 8.51. The van der Waals surface area contributed by atoms with Gasteiger partial charge in [-0.05, 0) is 19.9 Å². The van der Waals surface area contributed by atoms with Crippen molar-refractivity contribution in [2.75, 3.05) is 32.8 Å². The van der Waals surface area contributed by atoms with E-state index in [0.29, 0.717) is 13.0 Å². The number of carboxylic acids is 1. The van der Waals surface area contributed by atoms with Gasteiger partial charge in [0.05, 0.1) is 12.7 Å². The van der Waals surface area contributed by atoms with Crippen LogP contribution >= 0.6 is 0 Å². The van der Waals surface area contributed by atoms with Crippen molar-refractivity contribution in [3.05, 3.63) is 0 Å². The van der Waals surface area contributed by atoms with Crippen LogP contribution in [0.5, 0.6) is 0 Å². The topological polar surface area (TPSA) is 61.8 Å². The molecule has 0 bridgehead atoms. The fourth-order valence-corrected chi connectivity index (χ4v) is 2.30. The van der Waals surface area contributed by atoms with Crippen molar-refractivity contribution < 1.29 is 14.6 Å². The van der Waals surface area contributed by atoms with Gasteiger partial charge in [-0.15, -0.1) is 0 Å². The summed E-state index contributed by atoms with van der Waals surface area (Å²) in [6, 6.07) is 0. The maximum atomic E-state index is 11.3. The van der Waals surface area contributed by atoms with Crippen LogP contribution in [0.25, 0.3) is 0 Å². The Bertz CT molecular complexity index is 273. The Labute approximate surface area is 109 Å². The molecule has 1 rings (SSSR count). The lowest BCUT2D eigenvalue weighted by Gasteiger charge is -2.34. The molecule has 1 saturated heterocycles. The molecule has 1 heterocycles. The largest absolute Gasteiger partial charge is 0.480 e. The van der Waals surface area contributed by atoms with Crippen molar-refractivity contribution in [2.45, 2.75) is 45.3 Å². The number of likely N-dealkylation sites (N-methyl/N-ethyl adjacent to an activating group) is 1. The minimum absolute atomic E-state index is 0.0919. The molecule has 0 saturated carbocycles. The second kappa shape index (κ2) is 7.07. The first kappa shape index (κ1) is 15.4. The Morgan fingerprint density at radius 3 is 2.83 bits per heavy atom. The fourth-order valence-electron chi connectivity index (χ4n) is 2.30. The van der Waals surface area contributed by atoms with Gasteiger partial charge in [-0.3, -0.25) is 15.0 Å². The zero-order chi connectivity index (χ0) is 13.6. The fraction of sp³-hybridized carbons (Fsp3) is 0.923. The van der Waals surface area contributed by atoms with Crippen molar-refractivity contribution in [2.24, 2.45) is 0 Å². The van der Waals surface area contributed by atoms with E-state index in [-0.39, 0.29) is 6.10 Å². The zero-order valence-electron chi connectivity index (χ0n) is 11.7. The van der Waals surface area contributed by atoms with Crippen LogP contribution in [0.1, 0.15) is 33.6 Å². The predicted molar refractivity (Wildman–Crippen MR) is 70.8 cm³/mol. The number of nitrogens with one attached hydrogen (secondary N) is 1. The van der Waals surface area contributed by atoms with Crippen LogP contribution in [0.3, 0.4) is 0 Å². The normalized spacial score (nSPS) is 24.7. The third-order valence-corrected chi connectivity index (χ3v) is 3.61. The van der Waals surface area contributed by atoms with Crippen molar-refractivity contribution in [1.29, 1.82) is 0 Å². The maximum Gasteiger partial charge on any atom is 0.323 e. The number of hydrogen-bond donors (Lipinski definition) is 2. The van der Waals surface area contributed by atoms with Gasteiger partial charge in [-0.1, -0.05) is 20.3 Å². The number of ether oxygens (including phenoxy) is 1. The third kappa shape index (κ3) is 4.23. The molecule has 0 aliphatic carbocycles. The lowest BCUT2D eigenvalue weighted by atomic mass is 9.96. The van der Waals surface area contributed by atoms with E-state index in [1.54, 1.807) is 6.92 Å². The van der Waals surface area contributed by atoms with E-state index in [0.717, 1.165) is 32.7 Å². The molecule has 5 nitrogen and oxygen atoms in total. The molecule has 0 aromatic heterocycles. The summed E-state index contributed by atoms with van der Waals surface area (Å²) in [5.41, 5.74) is -0.841. The smallest absolute Gasteiger partial charge is 0.323 e. The molecule has 0 aromatic carbocycles. The van der Waals surface area contributed by atoms with Gasteiger partial charge in [0.15, 0.2) is 0 Å². The molecule has 1 aliphatic rings. The van der Waals surface area contributed by atoms with E-state index in [9.17, 15) is 9.90 Å². The minimum atomic E-state index is -0.841. The Hall–Kier alpha value is -0.650. The van der Waals surface area contributed by atoms with Gasteiger partial charge in [-0.25, -0.2) is 0 Å². The lowest BCUT2D eigenvalue weighted by Crippen LogP contribution is -2.55. The number of morpholine rings is 1. The summed E-state index contributed by atoms with van der Waals surface area (Å²) in [6.45, 7) is 10.1. The molecule has 0 radical (unpaired) electrons. The summed E-state index contributed by atoms with van der Waals surface area (Å²) < 4.78 is 5.67. The second-order valence-electron chi connectivity index (χ2n) is 5.15. The van der Waals surface area contributed by atoms with Gasteiger partial charge in [0.25, 0.3) is 0 Å². The average Bonchev–Trinajstić information content (AvgIpc) is 2.37. The van der Waals surface area contributed by atoms with Crippen LogP contribution in [-0.2, 0) is 9.53 Å². The SMILES string of the molecule is CCCC(C)(NCC1CN(CC)CCO1)C(=O)O. The van der Waals surface area contributed by atoms with Gasteiger partial charge in [0.2, 0.25) is 0 Å². The molecule has 1 fully saturated rings. The molecule has 0 spiro atoms. The molecule has 0 aromatic rings. The highest BCUT2D eigenvalue weighted by molar-refractivity contribution is 5.78. The highest BCUT2D eigenvalue weighted by Crippen LogP contribution is 2.13. The van der Waals surface area contributed by atoms with Crippen LogP contribution < -0.4 is 5.32 Å². The predicted octanol–water partition coefficient (Wildman–Crippen LogP) is 0.940. The monoisotopic (exact) mass is 258 g/mol. The van der Waals surface area contributed by atoms with Gasteiger partial charge in [0.1, 0.15) is 5.54 Å². The summed E-state index contributed by atoms with van der Waals surface area (Å²) in [5, 5.41) is 12.4. The third-order valence-electron chi connectivity index (χ3n) is 3.61. The van der Waals surface area contributed by atoms with E-state index in [4.69, 9.17) is 4.74 Å². The Morgan fingerprint density at radius 2 is 2.28 bits per heavy atom. The maximum absolute atomic E-state index is 11.3. The van der Waals surface area contributed by atoms with E-state index in [2.05, 4.69) is 17.1 Å². The number of aliphatic carboxylic acids is 1. The molecule has 18 heavy (non-hydrogen) atoms. The number of carbonyl (C=O) groups is 1. The van der Waals surface area contributed by atoms with Crippen LogP contribution in [0.2, 0.25) is 0 Å². The second-order valence-corrected chi connectivity index (χ2v) is 5.15. The summed E-state index contributed by atoms with van der Waals surface area (Å²) >= 11 is 0. The zero-order valence-corrected chi connectivity index (χ0v) is 11.7. The molecular weight excluding hydrogens is 232 g/mol. The number of rotatable bonds is 7. The summed E-state index contributed by atoms with van der Waals surface area (Å²) in [4.78, 5) is 13.6. The summed E-state index contributed by atoms with van der Waals surface area (Å²) in [7, 11) is 0. The highest BCUT2D eigenvalue weighted by Gasteiger charge is 2.32.